The Bertz CT molecular complexity index is 325. The number of nitrogens with zero attached hydrogens (tertiary/aromatic N) is 3. The van der Waals surface area contributed by atoms with Crippen molar-refractivity contribution in [1.29, 1.82) is 0 Å². The molecule has 6 nitrogen and oxygen atoms in total. The van der Waals surface area contributed by atoms with Gasteiger partial charge in [-0.3, -0.25) is 4.39 Å². The van der Waals surface area contributed by atoms with Crippen molar-refractivity contribution in [1.82, 2.24) is 15.0 Å². The molecule has 14 heavy (non-hydrogen) atoms. The van der Waals surface area contributed by atoms with E-state index < -0.39 is 12.6 Å². The maximum Gasteiger partial charge on any atom is 0.358 e. The van der Waals surface area contributed by atoms with Crippen LogP contribution in [0.2, 0.25) is 0 Å². The summed E-state index contributed by atoms with van der Waals surface area (Å²) >= 11 is 0. The van der Waals surface area contributed by atoms with Gasteiger partial charge in [0, 0.05) is 13.1 Å². The zero-order valence-corrected chi connectivity index (χ0v) is 7.48. The van der Waals surface area contributed by atoms with Crippen LogP contribution in [0.25, 0.3) is 0 Å². The molecule has 0 atom stereocenters. The highest BCUT2D eigenvalue weighted by atomic mass is 19.1. The third-order valence-corrected chi connectivity index (χ3v) is 1.74. The first kappa shape index (κ1) is 10.6. The van der Waals surface area contributed by atoms with Crippen molar-refractivity contribution in [2.75, 3.05) is 6.67 Å². The maximum atomic E-state index is 11.9. The largest absolute Gasteiger partial charge is 0.476 e. The summed E-state index contributed by atoms with van der Waals surface area (Å²) in [5.74, 6) is -1.17. The van der Waals surface area contributed by atoms with Crippen LogP contribution < -0.4 is 5.73 Å². The lowest BCUT2D eigenvalue weighted by Gasteiger charge is -2.02. The highest BCUT2D eigenvalue weighted by Crippen LogP contribution is 2.05. The Hall–Kier alpha value is -1.50. The van der Waals surface area contributed by atoms with Gasteiger partial charge in [0.15, 0.2) is 5.69 Å². The van der Waals surface area contributed by atoms with E-state index in [1.807, 2.05) is 0 Å². The Labute approximate surface area is 79.5 Å². The van der Waals surface area contributed by atoms with E-state index in [1.165, 1.54) is 4.68 Å². The van der Waals surface area contributed by atoms with Gasteiger partial charge in [-0.05, 0) is 6.42 Å². The first-order valence-corrected chi connectivity index (χ1v) is 4.12. The van der Waals surface area contributed by atoms with Crippen LogP contribution in [0.1, 0.15) is 22.6 Å². The number of aromatic carboxylic acids is 1. The molecule has 0 unspecified atom stereocenters. The lowest BCUT2D eigenvalue weighted by atomic mass is 10.3. The van der Waals surface area contributed by atoms with Gasteiger partial charge in [-0.1, -0.05) is 5.21 Å². The molecule has 0 fully saturated rings. The van der Waals surface area contributed by atoms with E-state index in [-0.39, 0.29) is 18.7 Å². The van der Waals surface area contributed by atoms with Gasteiger partial charge in [-0.25, -0.2) is 9.48 Å². The first-order valence-electron chi connectivity index (χ1n) is 4.12. The highest BCUT2D eigenvalue weighted by molar-refractivity contribution is 5.86. The second-order valence-corrected chi connectivity index (χ2v) is 2.66. The molecule has 78 valence electrons. The van der Waals surface area contributed by atoms with Crippen LogP contribution in [0.5, 0.6) is 0 Å². The molecule has 0 saturated heterocycles. The molecule has 1 aromatic heterocycles. The van der Waals surface area contributed by atoms with Crippen LogP contribution in [-0.4, -0.2) is 32.7 Å². The summed E-state index contributed by atoms with van der Waals surface area (Å²) < 4.78 is 13.2. The summed E-state index contributed by atoms with van der Waals surface area (Å²) in [7, 11) is 0. The molecule has 1 heterocycles. The Morgan fingerprint density at radius 1 is 1.64 bits per heavy atom. The number of carbonyl (C=O) groups is 1. The van der Waals surface area contributed by atoms with E-state index in [9.17, 15) is 9.18 Å². The van der Waals surface area contributed by atoms with Crippen LogP contribution >= 0.6 is 0 Å². The fourth-order valence-electron chi connectivity index (χ4n) is 1.09. The third-order valence-electron chi connectivity index (χ3n) is 1.74. The number of carboxylic acid groups (broad SMARTS) is 1. The molecule has 1 rings (SSSR count). The van der Waals surface area contributed by atoms with Gasteiger partial charge in [-0.15, -0.1) is 5.10 Å². The molecule has 0 aliphatic rings. The minimum absolute atomic E-state index is 0.0287. The summed E-state index contributed by atoms with van der Waals surface area (Å²) in [5, 5.41) is 15.7. The normalized spacial score (nSPS) is 10.4. The van der Waals surface area contributed by atoms with E-state index in [1.54, 1.807) is 0 Å². The fraction of sp³-hybridized carbons (Fsp3) is 0.571. The van der Waals surface area contributed by atoms with Crippen molar-refractivity contribution in [3.8, 4) is 0 Å². The zero-order valence-electron chi connectivity index (χ0n) is 7.48. The van der Waals surface area contributed by atoms with Crippen molar-refractivity contribution in [3.05, 3.63) is 11.4 Å². The number of rotatable bonds is 5. The molecule has 0 radical (unpaired) electrons. The Morgan fingerprint density at radius 2 is 2.36 bits per heavy atom. The molecule has 1 aromatic rings. The average Bonchev–Trinajstić information content (AvgIpc) is 2.57. The lowest BCUT2D eigenvalue weighted by Crippen LogP contribution is -2.12. The Kier molecular flexibility index (Phi) is 3.52. The summed E-state index contributed by atoms with van der Waals surface area (Å²) in [6.07, 6.45) is 0.273. The molecular formula is C7H11FN4O2. The van der Waals surface area contributed by atoms with Crippen molar-refractivity contribution in [3.63, 3.8) is 0 Å². The van der Waals surface area contributed by atoms with E-state index in [4.69, 9.17) is 10.8 Å². The van der Waals surface area contributed by atoms with Crippen LogP contribution in [0.15, 0.2) is 0 Å². The molecule has 0 aromatic carbocycles. The van der Waals surface area contributed by atoms with Crippen LogP contribution in [-0.2, 0) is 13.1 Å². The van der Waals surface area contributed by atoms with E-state index >= 15 is 0 Å². The first-order chi connectivity index (χ1) is 6.70. The molecule has 7 heteroatoms. The molecule has 0 spiro atoms. The number of nitrogens with two attached hydrogens (primary N) is 1. The predicted octanol–water partition coefficient (Wildman–Crippen LogP) is -0.205. The van der Waals surface area contributed by atoms with Gasteiger partial charge >= 0.3 is 5.97 Å². The van der Waals surface area contributed by atoms with Gasteiger partial charge in [0.05, 0.1) is 12.4 Å². The number of aromatic nitrogens is 3. The minimum atomic E-state index is -1.17. The van der Waals surface area contributed by atoms with Crippen molar-refractivity contribution < 1.29 is 14.3 Å². The van der Waals surface area contributed by atoms with Crippen molar-refractivity contribution in [2.45, 2.75) is 19.5 Å². The third kappa shape index (κ3) is 2.05. The maximum absolute atomic E-state index is 11.9. The lowest BCUT2D eigenvalue weighted by molar-refractivity contribution is 0.0689. The summed E-state index contributed by atoms with van der Waals surface area (Å²) in [6, 6.07) is 0. The monoisotopic (exact) mass is 202 g/mol. The van der Waals surface area contributed by atoms with E-state index in [2.05, 4.69) is 10.3 Å². The van der Waals surface area contributed by atoms with E-state index in [0.717, 1.165) is 0 Å². The highest BCUT2D eigenvalue weighted by Gasteiger charge is 2.16. The minimum Gasteiger partial charge on any atom is -0.476 e. The summed E-state index contributed by atoms with van der Waals surface area (Å²) in [4.78, 5) is 10.6. The smallest absolute Gasteiger partial charge is 0.358 e. The predicted molar refractivity (Wildman–Crippen MR) is 45.5 cm³/mol. The molecular weight excluding hydrogens is 191 g/mol. The van der Waals surface area contributed by atoms with Gasteiger partial charge in [0.25, 0.3) is 0 Å². The van der Waals surface area contributed by atoms with Gasteiger partial charge in [0.1, 0.15) is 0 Å². The van der Waals surface area contributed by atoms with E-state index in [0.29, 0.717) is 12.2 Å². The number of aryl methyl sites for hydroxylation is 1. The van der Waals surface area contributed by atoms with Crippen LogP contribution in [0, 0.1) is 0 Å². The van der Waals surface area contributed by atoms with Crippen molar-refractivity contribution in [2.24, 2.45) is 5.73 Å². The molecule has 0 aliphatic carbocycles. The second-order valence-electron chi connectivity index (χ2n) is 2.66. The van der Waals surface area contributed by atoms with Crippen LogP contribution in [0.4, 0.5) is 4.39 Å². The molecule has 0 bridgehead atoms. The quantitative estimate of drug-likeness (QED) is 0.689. The molecule has 0 aliphatic heterocycles. The Balaban J connectivity index is 2.89. The van der Waals surface area contributed by atoms with Crippen molar-refractivity contribution >= 4 is 5.97 Å². The molecule has 0 saturated carbocycles. The number of alkyl halides is 1. The second kappa shape index (κ2) is 4.66. The summed E-state index contributed by atoms with van der Waals surface area (Å²) in [5.41, 5.74) is 5.51. The van der Waals surface area contributed by atoms with Gasteiger partial charge in [-0.2, -0.15) is 0 Å². The Morgan fingerprint density at radius 3 is 2.86 bits per heavy atom. The average molecular weight is 202 g/mol. The number of hydrogen-bond acceptors (Lipinski definition) is 4. The number of hydrogen-bond donors (Lipinski definition) is 2. The number of halogens is 1. The van der Waals surface area contributed by atoms with Gasteiger partial charge < -0.3 is 10.8 Å². The standard InChI is InChI=1S/C7H11FN4O2/c8-2-1-3-12-5(4-9)6(7(13)14)10-11-12/h1-4,9H2,(H,13,14). The zero-order chi connectivity index (χ0) is 10.6. The molecule has 0 amide bonds. The molecule has 3 N–H and O–H groups in total. The number of carboxylic acids is 1. The topological polar surface area (TPSA) is 94.0 Å². The van der Waals surface area contributed by atoms with Gasteiger partial charge in [0.2, 0.25) is 0 Å². The SMILES string of the molecule is NCc1c(C(=O)O)nnn1CCCF. The summed E-state index contributed by atoms with van der Waals surface area (Å²) in [6.45, 7) is -0.156. The van der Waals surface area contributed by atoms with Crippen LogP contribution in [0.3, 0.4) is 0 Å². The fourth-order valence-corrected chi connectivity index (χ4v) is 1.09.